The zero-order valence-corrected chi connectivity index (χ0v) is 16.9. The summed E-state index contributed by atoms with van der Waals surface area (Å²) < 4.78 is 26.9. The number of hydrogen-bond donors (Lipinski definition) is 1. The van der Waals surface area contributed by atoms with Crippen molar-refractivity contribution in [2.45, 2.75) is 24.3 Å². The van der Waals surface area contributed by atoms with Gasteiger partial charge in [0.25, 0.3) is 0 Å². The molecule has 2 aromatic rings. The minimum Gasteiger partial charge on any atom is -0.352 e. The Bertz CT molecular complexity index is 912. The van der Waals surface area contributed by atoms with Crippen LogP contribution in [0.1, 0.15) is 18.4 Å². The zero-order chi connectivity index (χ0) is 19.4. The van der Waals surface area contributed by atoms with Gasteiger partial charge < -0.3 is 5.32 Å². The molecule has 144 valence electrons. The molecular formula is C19H20Cl2N2O3S. The minimum absolute atomic E-state index is 0.0366. The minimum atomic E-state index is -3.65. The van der Waals surface area contributed by atoms with E-state index in [2.05, 4.69) is 5.32 Å². The molecule has 1 aliphatic heterocycles. The van der Waals surface area contributed by atoms with E-state index >= 15 is 0 Å². The number of carbonyl (C=O) groups is 1. The van der Waals surface area contributed by atoms with E-state index < -0.39 is 10.0 Å². The molecule has 0 bridgehead atoms. The van der Waals surface area contributed by atoms with Crippen LogP contribution in [-0.4, -0.2) is 31.7 Å². The fraction of sp³-hybridized carbons (Fsp3) is 0.316. The van der Waals surface area contributed by atoms with E-state index in [1.54, 1.807) is 0 Å². The van der Waals surface area contributed by atoms with Crippen LogP contribution in [0.3, 0.4) is 0 Å². The summed E-state index contributed by atoms with van der Waals surface area (Å²) in [4.78, 5) is 12.5. The predicted octanol–water partition coefficient (Wildman–Crippen LogP) is 3.71. The highest BCUT2D eigenvalue weighted by molar-refractivity contribution is 7.89. The van der Waals surface area contributed by atoms with Crippen molar-refractivity contribution >= 4 is 39.1 Å². The molecule has 0 saturated carbocycles. The average molecular weight is 427 g/mol. The van der Waals surface area contributed by atoms with Crippen molar-refractivity contribution in [1.82, 2.24) is 9.62 Å². The van der Waals surface area contributed by atoms with Crippen molar-refractivity contribution in [2.75, 3.05) is 13.1 Å². The summed E-state index contributed by atoms with van der Waals surface area (Å²) >= 11 is 11.8. The van der Waals surface area contributed by atoms with Crippen molar-refractivity contribution in [3.63, 3.8) is 0 Å². The number of carbonyl (C=O) groups excluding carboxylic acids is 1. The SMILES string of the molecule is O=C(NCc1ccccc1)C1CCN(S(=O)(=O)c2ccc(Cl)c(Cl)c2)CC1. The van der Waals surface area contributed by atoms with Crippen LogP contribution in [0.4, 0.5) is 0 Å². The van der Waals surface area contributed by atoms with Gasteiger partial charge in [0.15, 0.2) is 0 Å². The molecular weight excluding hydrogens is 407 g/mol. The number of amides is 1. The molecule has 1 aliphatic rings. The molecule has 0 unspecified atom stereocenters. The van der Waals surface area contributed by atoms with Gasteiger partial charge in [0, 0.05) is 25.6 Å². The molecule has 0 aliphatic carbocycles. The smallest absolute Gasteiger partial charge is 0.243 e. The van der Waals surface area contributed by atoms with E-state index in [0.29, 0.717) is 37.5 Å². The number of hydrogen-bond acceptors (Lipinski definition) is 3. The lowest BCUT2D eigenvalue weighted by Crippen LogP contribution is -2.42. The van der Waals surface area contributed by atoms with Gasteiger partial charge in [0.2, 0.25) is 15.9 Å². The summed E-state index contributed by atoms with van der Waals surface area (Å²) in [5.74, 6) is -0.223. The van der Waals surface area contributed by atoms with Crippen LogP contribution in [-0.2, 0) is 21.4 Å². The molecule has 0 radical (unpaired) electrons. The molecule has 2 aromatic carbocycles. The fourth-order valence-electron chi connectivity index (χ4n) is 3.07. The van der Waals surface area contributed by atoms with Crippen LogP contribution in [0, 0.1) is 5.92 Å². The van der Waals surface area contributed by atoms with Crippen LogP contribution in [0.15, 0.2) is 53.4 Å². The molecule has 1 heterocycles. The molecule has 27 heavy (non-hydrogen) atoms. The molecule has 0 spiro atoms. The normalized spacial score (nSPS) is 16.2. The standard InChI is InChI=1S/C19H20Cl2N2O3S/c20-17-7-6-16(12-18(17)21)27(25,26)23-10-8-15(9-11-23)19(24)22-13-14-4-2-1-3-5-14/h1-7,12,15H,8-11,13H2,(H,22,24). The third kappa shape index (κ3) is 4.82. The summed E-state index contributed by atoms with van der Waals surface area (Å²) in [6, 6.07) is 14.0. The molecule has 1 amide bonds. The summed E-state index contributed by atoms with van der Waals surface area (Å²) in [5.41, 5.74) is 1.03. The van der Waals surface area contributed by atoms with Crippen molar-refractivity contribution in [2.24, 2.45) is 5.92 Å². The van der Waals surface area contributed by atoms with Crippen LogP contribution >= 0.6 is 23.2 Å². The molecule has 0 aromatic heterocycles. The van der Waals surface area contributed by atoms with Gasteiger partial charge in [-0.05, 0) is 36.6 Å². The largest absolute Gasteiger partial charge is 0.352 e. The van der Waals surface area contributed by atoms with Crippen molar-refractivity contribution < 1.29 is 13.2 Å². The van der Waals surface area contributed by atoms with Gasteiger partial charge in [-0.1, -0.05) is 53.5 Å². The quantitative estimate of drug-likeness (QED) is 0.791. The fourth-order valence-corrected chi connectivity index (χ4v) is 4.93. The second kappa shape index (κ2) is 8.61. The van der Waals surface area contributed by atoms with Crippen LogP contribution < -0.4 is 5.32 Å². The average Bonchev–Trinajstić information content (AvgIpc) is 2.69. The Balaban J connectivity index is 1.57. The number of benzene rings is 2. The maximum atomic E-state index is 12.8. The first-order valence-electron chi connectivity index (χ1n) is 8.65. The Kier molecular flexibility index (Phi) is 6.42. The molecule has 0 atom stereocenters. The monoisotopic (exact) mass is 426 g/mol. The number of halogens is 2. The number of sulfonamides is 1. The third-order valence-corrected chi connectivity index (χ3v) is 7.30. The molecule has 1 N–H and O–H groups in total. The van der Waals surface area contributed by atoms with E-state index in [4.69, 9.17) is 23.2 Å². The van der Waals surface area contributed by atoms with Gasteiger partial charge in [0.05, 0.1) is 14.9 Å². The van der Waals surface area contributed by atoms with E-state index in [1.807, 2.05) is 30.3 Å². The van der Waals surface area contributed by atoms with Crippen molar-refractivity contribution in [3.05, 3.63) is 64.1 Å². The number of rotatable bonds is 5. The number of nitrogens with zero attached hydrogens (tertiary/aromatic N) is 1. The van der Waals surface area contributed by atoms with Gasteiger partial charge in [-0.3, -0.25) is 4.79 Å². The highest BCUT2D eigenvalue weighted by Gasteiger charge is 2.32. The molecule has 1 fully saturated rings. The second-order valence-electron chi connectivity index (χ2n) is 6.46. The lowest BCUT2D eigenvalue weighted by Gasteiger charge is -2.30. The Labute approximate surface area is 169 Å². The summed E-state index contributed by atoms with van der Waals surface area (Å²) in [6.07, 6.45) is 0.975. The maximum absolute atomic E-state index is 12.8. The van der Waals surface area contributed by atoms with E-state index in [1.165, 1.54) is 22.5 Å². The van der Waals surface area contributed by atoms with Crippen molar-refractivity contribution in [1.29, 1.82) is 0 Å². The molecule has 1 saturated heterocycles. The van der Waals surface area contributed by atoms with Gasteiger partial charge in [-0.15, -0.1) is 0 Å². The lowest BCUT2D eigenvalue weighted by atomic mass is 9.97. The maximum Gasteiger partial charge on any atom is 0.243 e. The zero-order valence-electron chi connectivity index (χ0n) is 14.6. The Morgan fingerprint density at radius 2 is 1.70 bits per heavy atom. The molecule has 8 heteroatoms. The molecule has 3 rings (SSSR count). The van der Waals surface area contributed by atoms with Gasteiger partial charge in [-0.2, -0.15) is 4.31 Å². The van der Waals surface area contributed by atoms with Crippen molar-refractivity contribution in [3.8, 4) is 0 Å². The Morgan fingerprint density at radius 1 is 1.04 bits per heavy atom. The summed E-state index contributed by atoms with van der Waals surface area (Å²) in [5, 5.41) is 3.44. The highest BCUT2D eigenvalue weighted by Crippen LogP contribution is 2.28. The van der Waals surface area contributed by atoms with Gasteiger partial charge >= 0.3 is 0 Å². The number of nitrogens with one attached hydrogen (secondary N) is 1. The second-order valence-corrected chi connectivity index (χ2v) is 9.21. The van der Waals surface area contributed by atoms with Crippen LogP contribution in [0.2, 0.25) is 10.0 Å². The summed E-state index contributed by atoms with van der Waals surface area (Å²) in [6.45, 7) is 1.07. The first kappa shape index (κ1) is 20.1. The summed E-state index contributed by atoms with van der Waals surface area (Å²) in [7, 11) is -3.65. The van der Waals surface area contributed by atoms with Gasteiger partial charge in [-0.25, -0.2) is 8.42 Å². The molecule has 5 nitrogen and oxygen atoms in total. The van der Waals surface area contributed by atoms with E-state index in [0.717, 1.165) is 5.56 Å². The third-order valence-electron chi connectivity index (χ3n) is 4.66. The van der Waals surface area contributed by atoms with E-state index in [-0.39, 0.29) is 21.7 Å². The predicted molar refractivity (Wildman–Crippen MR) is 106 cm³/mol. The number of piperidine rings is 1. The van der Waals surface area contributed by atoms with Gasteiger partial charge in [0.1, 0.15) is 0 Å². The topological polar surface area (TPSA) is 66.5 Å². The Hall–Kier alpha value is -1.60. The van der Waals surface area contributed by atoms with Crippen LogP contribution in [0.25, 0.3) is 0 Å². The first-order chi connectivity index (χ1) is 12.9. The Morgan fingerprint density at radius 3 is 2.33 bits per heavy atom. The van der Waals surface area contributed by atoms with Crippen LogP contribution in [0.5, 0.6) is 0 Å². The highest BCUT2D eigenvalue weighted by atomic mass is 35.5. The van der Waals surface area contributed by atoms with E-state index in [9.17, 15) is 13.2 Å². The lowest BCUT2D eigenvalue weighted by molar-refractivity contribution is -0.126. The first-order valence-corrected chi connectivity index (χ1v) is 10.8.